The Morgan fingerprint density at radius 2 is 0.717 bits per heavy atom. The molecule has 53 heavy (non-hydrogen) atoms. The molecule has 1 heteroatoms. The highest BCUT2D eigenvalue weighted by Crippen LogP contribution is 2.46. The van der Waals surface area contributed by atoms with E-state index in [4.69, 9.17) is 4.42 Å². The molecule has 0 aliphatic heterocycles. The van der Waals surface area contributed by atoms with Crippen molar-refractivity contribution in [3.8, 4) is 44.5 Å². The van der Waals surface area contributed by atoms with Crippen LogP contribution < -0.4 is 0 Å². The zero-order chi connectivity index (χ0) is 34.9. The summed E-state index contributed by atoms with van der Waals surface area (Å²) in [6.45, 7) is 0. The van der Waals surface area contributed by atoms with E-state index < -0.39 is 0 Å². The fraction of sp³-hybridized carbons (Fsp3) is 0. The normalized spacial score (nSPS) is 11.8. The molecule has 11 rings (SSSR count). The lowest BCUT2D eigenvalue weighted by molar-refractivity contribution is 0.669. The lowest BCUT2D eigenvalue weighted by Crippen LogP contribution is -1.91. The van der Waals surface area contributed by atoms with Crippen molar-refractivity contribution >= 4 is 65.0 Å². The second-order valence-corrected chi connectivity index (χ2v) is 14.0. The lowest BCUT2D eigenvalue weighted by Gasteiger charge is -2.18. The van der Waals surface area contributed by atoms with Crippen LogP contribution in [-0.2, 0) is 0 Å². The topological polar surface area (TPSA) is 13.1 Å². The average Bonchev–Trinajstić information content (AvgIpc) is 3.60. The second-order valence-electron chi connectivity index (χ2n) is 14.0. The van der Waals surface area contributed by atoms with Gasteiger partial charge in [-0.2, -0.15) is 0 Å². The van der Waals surface area contributed by atoms with Gasteiger partial charge in [-0.3, -0.25) is 0 Å². The van der Waals surface area contributed by atoms with Gasteiger partial charge in [-0.25, -0.2) is 0 Å². The highest BCUT2D eigenvalue weighted by Gasteiger charge is 2.19. The third-order valence-electron chi connectivity index (χ3n) is 11.1. The maximum Gasteiger partial charge on any atom is 0.136 e. The van der Waals surface area contributed by atoms with Gasteiger partial charge < -0.3 is 4.42 Å². The largest absolute Gasteiger partial charge is 0.456 e. The van der Waals surface area contributed by atoms with Crippen molar-refractivity contribution in [1.82, 2.24) is 0 Å². The smallest absolute Gasteiger partial charge is 0.136 e. The predicted octanol–water partition coefficient (Wildman–Crippen LogP) is 14.9. The maximum absolute atomic E-state index is 6.36. The minimum absolute atomic E-state index is 0.911. The first-order valence-electron chi connectivity index (χ1n) is 18.3. The average molecular weight is 673 g/mol. The van der Waals surface area contributed by atoms with Crippen LogP contribution in [0.1, 0.15) is 0 Å². The minimum Gasteiger partial charge on any atom is -0.456 e. The molecular formula is C52H32O. The Morgan fingerprint density at radius 1 is 0.245 bits per heavy atom. The summed E-state index contributed by atoms with van der Waals surface area (Å²) in [6, 6.07) is 70.6. The van der Waals surface area contributed by atoms with Gasteiger partial charge in [-0.05, 0) is 112 Å². The van der Waals surface area contributed by atoms with E-state index >= 15 is 0 Å². The molecule has 0 spiro atoms. The van der Waals surface area contributed by atoms with Gasteiger partial charge in [0.05, 0.1) is 0 Å². The standard InChI is InChI=1S/C52H32O/c1-2-15-38-35(13-1)31-48(41-18-6-5-16-39(38)41)40-17-4-3-14-37(40)33-25-27-34(28-26-33)51-44-20-7-9-22-46(44)52(47-23-10-8-21-45(47)51)36-29-30-43-42-19-11-12-24-49(42)53-50(43)32-36/h1-32H. The van der Waals surface area contributed by atoms with Gasteiger partial charge >= 0.3 is 0 Å². The maximum atomic E-state index is 6.36. The van der Waals surface area contributed by atoms with Gasteiger partial charge in [-0.1, -0.05) is 170 Å². The Labute approximate surface area is 307 Å². The Balaban J connectivity index is 1.08. The number of benzene rings is 10. The molecule has 0 unspecified atom stereocenters. The van der Waals surface area contributed by atoms with Crippen molar-refractivity contribution in [3.63, 3.8) is 0 Å². The first-order valence-corrected chi connectivity index (χ1v) is 18.3. The number of furan rings is 1. The molecule has 10 aromatic carbocycles. The van der Waals surface area contributed by atoms with Crippen LogP contribution in [0.25, 0.3) is 110 Å². The number of para-hydroxylation sites is 1. The predicted molar refractivity (Wildman–Crippen MR) is 225 cm³/mol. The number of rotatable bonds is 4. The van der Waals surface area contributed by atoms with Crippen molar-refractivity contribution in [2.24, 2.45) is 0 Å². The second kappa shape index (κ2) is 11.8. The number of fused-ring (bicyclic) bond motifs is 8. The van der Waals surface area contributed by atoms with Crippen LogP contribution in [0.5, 0.6) is 0 Å². The molecule has 1 nitrogen and oxygen atoms in total. The Kier molecular flexibility index (Phi) is 6.62. The molecule has 0 saturated heterocycles. The van der Waals surface area contributed by atoms with Gasteiger partial charge in [0.2, 0.25) is 0 Å². The van der Waals surface area contributed by atoms with Gasteiger partial charge in [-0.15, -0.1) is 0 Å². The van der Waals surface area contributed by atoms with Crippen LogP contribution in [0.3, 0.4) is 0 Å². The highest BCUT2D eigenvalue weighted by molar-refractivity contribution is 6.22. The summed E-state index contributed by atoms with van der Waals surface area (Å²) in [5.41, 5.74) is 11.6. The van der Waals surface area contributed by atoms with Gasteiger partial charge in [0.1, 0.15) is 11.2 Å². The van der Waals surface area contributed by atoms with Crippen LogP contribution in [0.2, 0.25) is 0 Å². The molecule has 0 radical (unpaired) electrons. The first kappa shape index (κ1) is 29.7. The Bertz CT molecular complexity index is 3160. The van der Waals surface area contributed by atoms with E-state index in [2.05, 4.69) is 182 Å². The highest BCUT2D eigenvalue weighted by atomic mass is 16.3. The summed E-state index contributed by atoms with van der Waals surface area (Å²) < 4.78 is 6.36. The van der Waals surface area contributed by atoms with Crippen LogP contribution in [0.15, 0.2) is 199 Å². The third kappa shape index (κ3) is 4.64. The summed E-state index contributed by atoms with van der Waals surface area (Å²) in [4.78, 5) is 0. The van der Waals surface area contributed by atoms with Gasteiger partial charge in [0, 0.05) is 10.8 Å². The molecule has 0 aliphatic rings. The molecule has 0 fully saturated rings. The van der Waals surface area contributed by atoms with Crippen molar-refractivity contribution in [2.45, 2.75) is 0 Å². The van der Waals surface area contributed by atoms with E-state index in [-0.39, 0.29) is 0 Å². The number of hydrogen-bond acceptors (Lipinski definition) is 1. The molecule has 0 aliphatic carbocycles. The Hall–Kier alpha value is -6.96. The van der Waals surface area contributed by atoms with E-state index in [1.807, 2.05) is 12.1 Å². The van der Waals surface area contributed by atoms with Crippen LogP contribution in [0, 0.1) is 0 Å². The third-order valence-corrected chi connectivity index (χ3v) is 11.1. The molecule has 0 N–H and O–H groups in total. The molecule has 246 valence electrons. The summed E-state index contributed by atoms with van der Waals surface area (Å²) in [5.74, 6) is 0. The van der Waals surface area contributed by atoms with Crippen LogP contribution >= 0.6 is 0 Å². The van der Waals surface area contributed by atoms with Crippen molar-refractivity contribution < 1.29 is 4.42 Å². The van der Waals surface area contributed by atoms with E-state index in [9.17, 15) is 0 Å². The summed E-state index contributed by atoms with van der Waals surface area (Å²) >= 11 is 0. The van der Waals surface area contributed by atoms with Gasteiger partial charge in [0.25, 0.3) is 0 Å². The molecule has 1 aromatic heterocycles. The zero-order valence-electron chi connectivity index (χ0n) is 28.9. The minimum atomic E-state index is 0.911. The van der Waals surface area contributed by atoms with Crippen LogP contribution in [-0.4, -0.2) is 0 Å². The van der Waals surface area contributed by atoms with Crippen molar-refractivity contribution in [1.29, 1.82) is 0 Å². The van der Waals surface area contributed by atoms with E-state index in [0.717, 1.165) is 27.5 Å². The lowest BCUT2D eigenvalue weighted by atomic mass is 9.85. The molecule has 0 atom stereocenters. The fourth-order valence-corrected chi connectivity index (χ4v) is 8.70. The summed E-state index contributed by atoms with van der Waals surface area (Å²) in [5, 5.41) is 12.3. The zero-order valence-corrected chi connectivity index (χ0v) is 28.9. The van der Waals surface area contributed by atoms with E-state index in [1.165, 1.54) is 82.0 Å². The molecule has 0 bridgehead atoms. The molecule has 1 heterocycles. The van der Waals surface area contributed by atoms with Gasteiger partial charge in [0.15, 0.2) is 0 Å². The number of hydrogen-bond donors (Lipinski definition) is 0. The van der Waals surface area contributed by atoms with E-state index in [0.29, 0.717) is 0 Å². The summed E-state index contributed by atoms with van der Waals surface area (Å²) in [7, 11) is 0. The monoisotopic (exact) mass is 672 g/mol. The molecule has 0 saturated carbocycles. The molecule has 11 aromatic rings. The van der Waals surface area contributed by atoms with Crippen LogP contribution in [0.4, 0.5) is 0 Å². The quantitative estimate of drug-likeness (QED) is 0.134. The molecule has 0 amide bonds. The van der Waals surface area contributed by atoms with Crippen molar-refractivity contribution in [2.75, 3.05) is 0 Å². The van der Waals surface area contributed by atoms with Crippen molar-refractivity contribution in [3.05, 3.63) is 194 Å². The summed E-state index contributed by atoms with van der Waals surface area (Å²) in [6.07, 6.45) is 0. The first-order chi connectivity index (χ1) is 26.3. The fourth-order valence-electron chi connectivity index (χ4n) is 8.70. The Morgan fingerprint density at radius 3 is 1.42 bits per heavy atom. The molecular weight excluding hydrogens is 641 g/mol. The van der Waals surface area contributed by atoms with E-state index in [1.54, 1.807) is 0 Å². The SMILES string of the molecule is c1ccc(-c2cc3ccccc3c3ccccc23)c(-c2ccc(-c3c4ccccc4c(-c4ccc5c(c4)oc4ccccc45)c4ccccc34)cc2)c1.